The van der Waals surface area contributed by atoms with Crippen LogP contribution in [0.5, 0.6) is 0 Å². The van der Waals surface area contributed by atoms with Crippen molar-refractivity contribution < 1.29 is 19.3 Å². The summed E-state index contributed by atoms with van der Waals surface area (Å²) >= 11 is 0. The molecule has 3 amide bonds. The molecule has 134 valence electrons. The Hall–Kier alpha value is -2.21. The van der Waals surface area contributed by atoms with Crippen LogP contribution in [0.2, 0.25) is 0 Å². The van der Waals surface area contributed by atoms with Gasteiger partial charge in [0.25, 0.3) is 5.91 Å². The van der Waals surface area contributed by atoms with Crippen molar-refractivity contribution >= 4 is 17.7 Å². The number of fused-ring (bicyclic) bond motifs is 1. The zero-order valence-corrected chi connectivity index (χ0v) is 14.9. The molecular weight excluding hydrogens is 318 g/mol. The van der Waals surface area contributed by atoms with E-state index in [1.54, 1.807) is 19.2 Å². The van der Waals surface area contributed by atoms with Gasteiger partial charge in [-0.05, 0) is 25.0 Å². The van der Waals surface area contributed by atoms with E-state index in [2.05, 4.69) is 5.32 Å². The van der Waals surface area contributed by atoms with Gasteiger partial charge in [0.05, 0.1) is 18.9 Å². The number of hydrogen-bond donors (Lipinski definition) is 2. The van der Waals surface area contributed by atoms with Gasteiger partial charge in [0.15, 0.2) is 6.67 Å². The number of benzene rings is 1. The Morgan fingerprint density at radius 3 is 2.20 bits per heavy atom. The Bertz CT molecular complexity index is 647. The third kappa shape index (κ3) is 3.58. The van der Waals surface area contributed by atoms with E-state index in [4.69, 9.17) is 0 Å². The molecule has 1 unspecified atom stereocenters. The summed E-state index contributed by atoms with van der Waals surface area (Å²) in [6.45, 7) is 1.10. The molecule has 2 fully saturated rings. The van der Waals surface area contributed by atoms with Crippen LogP contribution in [0.3, 0.4) is 0 Å². The smallest absolute Gasteiger partial charge is 0.251 e. The Morgan fingerprint density at radius 1 is 1.12 bits per heavy atom. The van der Waals surface area contributed by atoms with Crippen LogP contribution < -0.4 is 10.2 Å². The predicted octanol–water partition coefficient (Wildman–Crippen LogP) is 0.194. The molecule has 6 heteroatoms. The van der Waals surface area contributed by atoms with E-state index < -0.39 is 0 Å². The largest absolute Gasteiger partial charge is 0.355 e. The van der Waals surface area contributed by atoms with E-state index in [0.29, 0.717) is 18.8 Å². The van der Waals surface area contributed by atoms with Gasteiger partial charge in [-0.3, -0.25) is 14.4 Å². The number of amides is 3. The zero-order valence-electron chi connectivity index (χ0n) is 14.9. The number of nitrogens with zero attached hydrogens (tertiary/aromatic N) is 1. The van der Waals surface area contributed by atoms with Gasteiger partial charge in [-0.1, -0.05) is 25.0 Å². The lowest BCUT2D eigenvalue weighted by Crippen LogP contribution is -3.09. The maximum absolute atomic E-state index is 12.5. The molecule has 1 aliphatic carbocycles. The molecule has 1 saturated carbocycles. The quantitative estimate of drug-likeness (QED) is 0.750. The van der Waals surface area contributed by atoms with E-state index in [1.165, 1.54) is 4.90 Å². The minimum absolute atomic E-state index is 0.0176. The van der Waals surface area contributed by atoms with Crippen molar-refractivity contribution in [2.24, 2.45) is 11.8 Å². The fourth-order valence-corrected chi connectivity index (χ4v) is 3.98. The second-order valence-corrected chi connectivity index (χ2v) is 7.17. The van der Waals surface area contributed by atoms with Gasteiger partial charge in [-0.25, -0.2) is 4.90 Å². The molecule has 0 aromatic heterocycles. The first kappa shape index (κ1) is 17.6. The van der Waals surface area contributed by atoms with Crippen molar-refractivity contribution in [2.45, 2.75) is 32.2 Å². The third-order valence-electron chi connectivity index (χ3n) is 5.31. The molecule has 2 aliphatic rings. The lowest BCUT2D eigenvalue weighted by Gasteiger charge is -2.20. The number of hydrogen-bond acceptors (Lipinski definition) is 3. The summed E-state index contributed by atoms with van der Waals surface area (Å²) in [4.78, 5) is 39.2. The zero-order chi connectivity index (χ0) is 18.0. The number of quaternary nitrogens is 1. The van der Waals surface area contributed by atoms with Crippen molar-refractivity contribution in [3.8, 4) is 0 Å². The van der Waals surface area contributed by atoms with Crippen LogP contribution in [0.15, 0.2) is 24.3 Å². The molecule has 0 radical (unpaired) electrons. The topological polar surface area (TPSA) is 70.9 Å². The second kappa shape index (κ2) is 7.35. The predicted molar refractivity (Wildman–Crippen MR) is 92.6 cm³/mol. The number of likely N-dealkylation sites (tertiary alicyclic amines) is 1. The molecule has 3 atom stereocenters. The summed E-state index contributed by atoms with van der Waals surface area (Å²) in [5, 5.41) is 2.60. The molecule has 3 rings (SSSR count). The Kier molecular flexibility index (Phi) is 5.18. The highest BCUT2D eigenvalue weighted by molar-refractivity contribution is 6.05. The number of carbonyl (C=O) groups is 3. The number of nitrogens with one attached hydrogen (secondary N) is 2. The average Bonchev–Trinajstić information content (AvgIpc) is 2.87. The molecule has 1 heterocycles. The lowest BCUT2D eigenvalue weighted by atomic mass is 9.81. The maximum Gasteiger partial charge on any atom is 0.251 e. The molecule has 1 saturated heterocycles. The number of carbonyl (C=O) groups excluding carboxylic acids is 3. The highest BCUT2D eigenvalue weighted by Gasteiger charge is 2.48. The molecule has 1 aromatic carbocycles. The monoisotopic (exact) mass is 344 g/mol. The van der Waals surface area contributed by atoms with Gasteiger partial charge < -0.3 is 10.2 Å². The van der Waals surface area contributed by atoms with Crippen LogP contribution >= 0.6 is 0 Å². The van der Waals surface area contributed by atoms with E-state index in [-0.39, 0.29) is 29.6 Å². The van der Waals surface area contributed by atoms with Crippen LogP contribution in [0.4, 0.5) is 0 Å². The highest BCUT2D eigenvalue weighted by Crippen LogP contribution is 2.37. The van der Waals surface area contributed by atoms with Crippen LogP contribution in [-0.4, -0.2) is 43.4 Å². The molecular formula is C19H26N3O3+. The van der Waals surface area contributed by atoms with Gasteiger partial charge in [-0.15, -0.1) is 0 Å². The molecule has 25 heavy (non-hydrogen) atoms. The molecule has 0 spiro atoms. The van der Waals surface area contributed by atoms with Gasteiger partial charge in [0, 0.05) is 18.2 Å². The summed E-state index contributed by atoms with van der Waals surface area (Å²) in [5.41, 5.74) is 1.69. The van der Waals surface area contributed by atoms with Crippen molar-refractivity contribution in [3.63, 3.8) is 0 Å². The van der Waals surface area contributed by atoms with Crippen molar-refractivity contribution in [1.29, 1.82) is 0 Å². The third-order valence-corrected chi connectivity index (χ3v) is 5.31. The van der Waals surface area contributed by atoms with Crippen molar-refractivity contribution in [2.75, 3.05) is 20.8 Å². The first-order valence-electron chi connectivity index (χ1n) is 8.99. The average molecular weight is 344 g/mol. The normalized spacial score (nSPS) is 24.2. The van der Waals surface area contributed by atoms with Gasteiger partial charge in [-0.2, -0.15) is 0 Å². The van der Waals surface area contributed by atoms with E-state index in [1.807, 2.05) is 19.2 Å². The first-order valence-corrected chi connectivity index (χ1v) is 8.99. The van der Waals surface area contributed by atoms with Crippen molar-refractivity contribution in [3.05, 3.63) is 35.4 Å². The van der Waals surface area contributed by atoms with Crippen LogP contribution in [0.25, 0.3) is 0 Å². The summed E-state index contributed by atoms with van der Waals surface area (Å²) < 4.78 is 0. The standard InChI is InChI=1S/C19H25N3O3/c1-20-17(23)14-9-7-13(8-10-14)11-21(2)12-22-18(24)15-5-3-4-6-16(15)19(22)25/h7-10,15-16H,3-6,11-12H2,1-2H3,(H,20,23)/p+1/t15-,16+. The molecule has 1 aromatic rings. The van der Waals surface area contributed by atoms with E-state index >= 15 is 0 Å². The lowest BCUT2D eigenvalue weighted by molar-refractivity contribution is -0.901. The highest BCUT2D eigenvalue weighted by atomic mass is 16.2. The minimum Gasteiger partial charge on any atom is -0.355 e. The van der Waals surface area contributed by atoms with Gasteiger partial charge >= 0.3 is 0 Å². The summed E-state index contributed by atoms with van der Waals surface area (Å²) in [5.74, 6) is -0.238. The Labute approximate surface area is 148 Å². The fourth-order valence-electron chi connectivity index (χ4n) is 3.98. The Balaban J connectivity index is 1.60. The molecule has 6 nitrogen and oxygen atoms in total. The van der Waals surface area contributed by atoms with Crippen LogP contribution in [-0.2, 0) is 16.1 Å². The molecule has 0 bridgehead atoms. The van der Waals surface area contributed by atoms with E-state index in [9.17, 15) is 14.4 Å². The summed E-state index contributed by atoms with van der Waals surface area (Å²) in [6, 6.07) is 7.42. The minimum atomic E-state index is -0.108. The second-order valence-electron chi connectivity index (χ2n) is 7.17. The Morgan fingerprint density at radius 2 is 1.68 bits per heavy atom. The number of rotatable bonds is 5. The van der Waals surface area contributed by atoms with Crippen LogP contribution in [0, 0.1) is 11.8 Å². The summed E-state index contributed by atoms with van der Waals surface area (Å²) in [7, 11) is 3.59. The number of imide groups is 1. The van der Waals surface area contributed by atoms with Gasteiger partial charge in [0.2, 0.25) is 11.8 Å². The van der Waals surface area contributed by atoms with Crippen LogP contribution in [0.1, 0.15) is 41.6 Å². The van der Waals surface area contributed by atoms with E-state index in [0.717, 1.165) is 36.1 Å². The maximum atomic E-state index is 12.5. The molecule has 1 aliphatic heterocycles. The SMILES string of the molecule is CNC(=O)c1ccc(C[NH+](C)CN2C(=O)[C@H]3CCCC[C@H]3C2=O)cc1. The fraction of sp³-hybridized carbons (Fsp3) is 0.526. The van der Waals surface area contributed by atoms with Crippen molar-refractivity contribution in [1.82, 2.24) is 10.2 Å². The molecule has 2 N–H and O–H groups in total. The summed E-state index contributed by atoms with van der Waals surface area (Å²) in [6.07, 6.45) is 3.81. The van der Waals surface area contributed by atoms with Gasteiger partial charge in [0.1, 0.15) is 6.54 Å². The first-order chi connectivity index (χ1) is 12.0.